The van der Waals surface area contributed by atoms with E-state index < -0.39 is 23.8 Å². The van der Waals surface area contributed by atoms with E-state index in [1.807, 2.05) is 0 Å². The molecule has 1 atom stereocenters. The minimum absolute atomic E-state index is 0.0762. The fraction of sp³-hybridized carbons (Fsp3) is 0.625. The number of carbonyl (C=O) groups excluding carboxylic acids is 2. The number of carboxylic acids is 1. The highest BCUT2D eigenvalue weighted by molar-refractivity contribution is 6.04. The number of aliphatic carboxylic acids is 1. The van der Waals surface area contributed by atoms with Crippen LogP contribution in [0.3, 0.4) is 0 Å². The number of likely N-dealkylation sites (N-methyl/N-ethyl adjacent to an activating group) is 1. The van der Waals surface area contributed by atoms with Gasteiger partial charge in [-0.1, -0.05) is 0 Å². The average Bonchev–Trinajstić information content (AvgIpc) is 2.43. The molecule has 0 radical (unpaired) electrons. The van der Waals surface area contributed by atoms with Crippen molar-refractivity contribution >= 4 is 17.8 Å². The van der Waals surface area contributed by atoms with Crippen LogP contribution in [0, 0.1) is 0 Å². The second kappa shape index (κ2) is 4.19. The van der Waals surface area contributed by atoms with Crippen molar-refractivity contribution in [2.75, 3.05) is 13.6 Å². The average molecular weight is 200 g/mol. The number of hydrogen-bond donors (Lipinski definition) is 2. The van der Waals surface area contributed by atoms with Gasteiger partial charge in [0, 0.05) is 19.4 Å². The predicted octanol–water partition coefficient (Wildman–Crippen LogP) is -1.19. The van der Waals surface area contributed by atoms with Crippen molar-refractivity contribution in [2.45, 2.75) is 18.9 Å². The van der Waals surface area contributed by atoms with Gasteiger partial charge in [0.2, 0.25) is 11.8 Å². The Morgan fingerprint density at radius 1 is 1.50 bits per heavy atom. The molecule has 0 bridgehead atoms. The number of hydrogen-bond acceptors (Lipinski definition) is 4. The Hall–Kier alpha value is -1.43. The molecule has 2 amide bonds. The van der Waals surface area contributed by atoms with Crippen molar-refractivity contribution < 1.29 is 19.5 Å². The Balaban J connectivity index is 2.81. The van der Waals surface area contributed by atoms with Gasteiger partial charge in [-0.2, -0.15) is 0 Å². The Morgan fingerprint density at radius 3 is 2.36 bits per heavy atom. The number of likely N-dealkylation sites (tertiary alicyclic amines) is 1. The van der Waals surface area contributed by atoms with Gasteiger partial charge in [-0.3, -0.25) is 14.5 Å². The fourth-order valence-corrected chi connectivity index (χ4v) is 1.42. The van der Waals surface area contributed by atoms with E-state index in [1.54, 1.807) is 7.05 Å². The summed E-state index contributed by atoms with van der Waals surface area (Å²) in [6, 6.07) is -1.08. The molecule has 1 fully saturated rings. The molecule has 0 aromatic heterocycles. The smallest absolute Gasteiger partial charge is 0.328 e. The van der Waals surface area contributed by atoms with Crippen molar-refractivity contribution in [3.05, 3.63) is 0 Å². The molecule has 1 rings (SSSR count). The summed E-state index contributed by atoms with van der Waals surface area (Å²) in [5, 5.41) is 11.5. The van der Waals surface area contributed by atoms with Crippen LogP contribution in [0.2, 0.25) is 0 Å². The summed E-state index contributed by atoms with van der Waals surface area (Å²) in [6.45, 7) is 0.0762. The van der Waals surface area contributed by atoms with Crippen LogP contribution in [0.15, 0.2) is 0 Å². The third kappa shape index (κ3) is 1.90. The van der Waals surface area contributed by atoms with Gasteiger partial charge in [0.05, 0.1) is 0 Å². The molecular formula is C8H12N2O4. The maximum atomic E-state index is 11.2. The summed E-state index contributed by atoms with van der Waals surface area (Å²) >= 11 is 0. The van der Waals surface area contributed by atoms with Gasteiger partial charge >= 0.3 is 5.97 Å². The number of carboxylic acid groups (broad SMARTS) is 1. The quantitative estimate of drug-likeness (QED) is 0.557. The van der Waals surface area contributed by atoms with E-state index in [-0.39, 0.29) is 19.4 Å². The molecule has 6 heteroatoms. The number of carbonyl (C=O) groups is 3. The minimum Gasteiger partial charge on any atom is -0.480 e. The third-order valence-corrected chi connectivity index (χ3v) is 2.08. The molecule has 1 unspecified atom stereocenters. The molecular weight excluding hydrogens is 188 g/mol. The normalized spacial score (nSPS) is 18.8. The standard InChI is InChI=1S/C8H12N2O4/c1-9-4-5(8(13)14)10-6(11)2-3-7(10)12/h5,9H,2-4H2,1H3,(H,13,14). The largest absolute Gasteiger partial charge is 0.480 e. The van der Waals surface area contributed by atoms with Crippen molar-refractivity contribution in [1.29, 1.82) is 0 Å². The summed E-state index contributed by atoms with van der Waals surface area (Å²) in [5.41, 5.74) is 0. The van der Waals surface area contributed by atoms with Crippen LogP contribution in [-0.2, 0) is 14.4 Å². The van der Waals surface area contributed by atoms with Gasteiger partial charge in [-0.15, -0.1) is 0 Å². The monoisotopic (exact) mass is 200 g/mol. The highest BCUT2D eigenvalue weighted by atomic mass is 16.4. The fourth-order valence-electron chi connectivity index (χ4n) is 1.42. The van der Waals surface area contributed by atoms with Gasteiger partial charge in [-0.05, 0) is 7.05 Å². The lowest BCUT2D eigenvalue weighted by Crippen LogP contribution is -2.49. The zero-order valence-electron chi connectivity index (χ0n) is 7.82. The Kier molecular flexibility index (Phi) is 3.19. The van der Waals surface area contributed by atoms with Crippen molar-refractivity contribution in [3.8, 4) is 0 Å². The van der Waals surface area contributed by atoms with E-state index in [2.05, 4.69) is 5.32 Å². The van der Waals surface area contributed by atoms with E-state index in [0.717, 1.165) is 4.90 Å². The number of nitrogens with one attached hydrogen (secondary N) is 1. The molecule has 0 aromatic rings. The second-order valence-corrected chi connectivity index (χ2v) is 3.07. The third-order valence-electron chi connectivity index (χ3n) is 2.08. The van der Waals surface area contributed by atoms with Gasteiger partial charge in [0.1, 0.15) is 6.04 Å². The lowest BCUT2D eigenvalue weighted by Gasteiger charge is -2.21. The van der Waals surface area contributed by atoms with Crippen LogP contribution >= 0.6 is 0 Å². The maximum absolute atomic E-state index is 11.2. The molecule has 1 heterocycles. The molecule has 14 heavy (non-hydrogen) atoms. The summed E-state index contributed by atoms with van der Waals surface area (Å²) in [6.07, 6.45) is 0.235. The van der Waals surface area contributed by atoms with Crippen molar-refractivity contribution in [3.63, 3.8) is 0 Å². The zero-order valence-corrected chi connectivity index (χ0v) is 7.82. The number of amides is 2. The molecule has 6 nitrogen and oxygen atoms in total. The van der Waals surface area contributed by atoms with E-state index in [9.17, 15) is 14.4 Å². The van der Waals surface area contributed by atoms with Gasteiger partial charge in [0.15, 0.2) is 0 Å². The van der Waals surface area contributed by atoms with Crippen molar-refractivity contribution in [2.24, 2.45) is 0 Å². The van der Waals surface area contributed by atoms with Crippen LogP contribution in [0.1, 0.15) is 12.8 Å². The summed E-state index contributed by atoms with van der Waals surface area (Å²) in [7, 11) is 1.57. The SMILES string of the molecule is CNCC(C(=O)O)N1C(=O)CCC1=O. The molecule has 1 aliphatic heterocycles. The van der Waals surface area contributed by atoms with E-state index in [0.29, 0.717) is 0 Å². The Bertz CT molecular complexity index is 261. The molecule has 0 aromatic carbocycles. The van der Waals surface area contributed by atoms with Crippen LogP contribution < -0.4 is 5.32 Å². The van der Waals surface area contributed by atoms with E-state index >= 15 is 0 Å². The van der Waals surface area contributed by atoms with Gasteiger partial charge < -0.3 is 10.4 Å². The Morgan fingerprint density at radius 2 is 2.00 bits per heavy atom. The molecule has 1 saturated heterocycles. The summed E-state index contributed by atoms with van der Waals surface area (Å²) < 4.78 is 0. The van der Waals surface area contributed by atoms with Gasteiger partial charge in [0.25, 0.3) is 0 Å². The molecule has 0 spiro atoms. The van der Waals surface area contributed by atoms with Crippen LogP contribution in [-0.4, -0.2) is 47.4 Å². The topological polar surface area (TPSA) is 86.7 Å². The summed E-state index contributed by atoms with van der Waals surface area (Å²) in [5.74, 6) is -1.97. The van der Waals surface area contributed by atoms with E-state index in [1.165, 1.54) is 0 Å². The molecule has 78 valence electrons. The first-order valence-electron chi connectivity index (χ1n) is 4.30. The summed E-state index contributed by atoms with van der Waals surface area (Å²) in [4.78, 5) is 34.1. The van der Waals surface area contributed by atoms with Crippen LogP contribution in [0.5, 0.6) is 0 Å². The predicted molar refractivity (Wildman–Crippen MR) is 46.4 cm³/mol. The number of rotatable bonds is 4. The second-order valence-electron chi connectivity index (χ2n) is 3.07. The van der Waals surface area contributed by atoms with Crippen LogP contribution in [0.4, 0.5) is 0 Å². The highest BCUT2D eigenvalue weighted by Gasteiger charge is 2.38. The zero-order chi connectivity index (χ0) is 10.7. The molecule has 1 aliphatic rings. The molecule has 0 saturated carbocycles. The number of imide groups is 1. The van der Waals surface area contributed by atoms with Gasteiger partial charge in [-0.25, -0.2) is 4.79 Å². The Labute approximate surface area is 80.9 Å². The van der Waals surface area contributed by atoms with E-state index in [4.69, 9.17) is 5.11 Å². The molecule has 0 aliphatic carbocycles. The highest BCUT2D eigenvalue weighted by Crippen LogP contribution is 2.15. The number of nitrogens with zero attached hydrogens (tertiary/aromatic N) is 1. The first kappa shape index (κ1) is 10.6. The maximum Gasteiger partial charge on any atom is 0.328 e. The lowest BCUT2D eigenvalue weighted by atomic mass is 10.2. The molecule has 2 N–H and O–H groups in total. The first-order chi connectivity index (χ1) is 6.57. The minimum atomic E-state index is -1.16. The van der Waals surface area contributed by atoms with Crippen LogP contribution in [0.25, 0.3) is 0 Å². The lowest BCUT2D eigenvalue weighted by molar-refractivity contribution is -0.153. The van der Waals surface area contributed by atoms with Crippen molar-refractivity contribution in [1.82, 2.24) is 10.2 Å². The first-order valence-corrected chi connectivity index (χ1v) is 4.30.